The number of benzene rings is 1. The fourth-order valence-corrected chi connectivity index (χ4v) is 2.79. The Morgan fingerprint density at radius 3 is 2.67 bits per heavy atom. The Morgan fingerprint density at radius 1 is 1.05 bits per heavy atom. The van der Waals surface area contributed by atoms with Crippen molar-refractivity contribution in [3.8, 4) is 0 Å². The molecule has 21 heavy (non-hydrogen) atoms. The van der Waals surface area contributed by atoms with E-state index in [0.717, 1.165) is 22.8 Å². The van der Waals surface area contributed by atoms with Gasteiger partial charge in [0.05, 0.1) is 29.2 Å². The fourth-order valence-electron chi connectivity index (χ4n) is 2.79. The van der Waals surface area contributed by atoms with Gasteiger partial charge in [-0.05, 0) is 24.3 Å². The van der Waals surface area contributed by atoms with Crippen LogP contribution in [0.25, 0.3) is 0 Å². The van der Waals surface area contributed by atoms with E-state index in [1.807, 2.05) is 42.5 Å². The zero-order valence-corrected chi connectivity index (χ0v) is 11.3. The average molecular weight is 278 g/mol. The van der Waals surface area contributed by atoms with Gasteiger partial charge in [0.2, 0.25) is 0 Å². The highest BCUT2D eigenvalue weighted by Gasteiger charge is 2.34. The minimum absolute atomic E-state index is 0.0477. The van der Waals surface area contributed by atoms with Crippen LogP contribution < -0.4 is 16.0 Å². The quantitative estimate of drug-likeness (QED) is 0.747. The zero-order chi connectivity index (χ0) is 14.2. The lowest BCUT2D eigenvalue weighted by atomic mass is 10.0. The number of carbonyl (C=O) groups is 1. The van der Waals surface area contributed by atoms with E-state index in [-0.39, 0.29) is 11.9 Å². The third-order valence-corrected chi connectivity index (χ3v) is 3.78. The van der Waals surface area contributed by atoms with Crippen LogP contribution in [0.2, 0.25) is 0 Å². The Bertz CT molecular complexity index is 739. The van der Waals surface area contributed by atoms with Gasteiger partial charge in [0, 0.05) is 11.9 Å². The van der Waals surface area contributed by atoms with Crippen molar-refractivity contribution in [3.63, 3.8) is 0 Å². The number of fused-ring (bicyclic) bond motifs is 1. The van der Waals surface area contributed by atoms with E-state index in [0.29, 0.717) is 12.1 Å². The predicted molar refractivity (Wildman–Crippen MR) is 80.7 cm³/mol. The molecule has 3 N–H and O–H groups in total. The lowest BCUT2D eigenvalue weighted by Crippen LogP contribution is -2.24. The first-order chi connectivity index (χ1) is 10.3. The number of nitrogens with zero attached hydrogens (tertiary/aromatic N) is 1. The van der Waals surface area contributed by atoms with Gasteiger partial charge < -0.3 is 16.0 Å². The molecule has 0 fully saturated rings. The van der Waals surface area contributed by atoms with Crippen molar-refractivity contribution < 1.29 is 4.79 Å². The van der Waals surface area contributed by atoms with E-state index in [9.17, 15) is 4.79 Å². The van der Waals surface area contributed by atoms with Gasteiger partial charge >= 0.3 is 0 Å². The summed E-state index contributed by atoms with van der Waals surface area (Å²) in [5, 5.41) is 9.67. The van der Waals surface area contributed by atoms with Gasteiger partial charge in [-0.15, -0.1) is 0 Å². The van der Waals surface area contributed by atoms with Crippen LogP contribution >= 0.6 is 0 Å². The first-order valence-electron chi connectivity index (χ1n) is 6.88. The van der Waals surface area contributed by atoms with Crippen molar-refractivity contribution in [3.05, 3.63) is 65.6 Å². The molecule has 0 radical (unpaired) electrons. The van der Waals surface area contributed by atoms with Crippen molar-refractivity contribution in [2.75, 3.05) is 17.2 Å². The van der Waals surface area contributed by atoms with Crippen molar-refractivity contribution >= 4 is 17.3 Å². The number of para-hydroxylation sites is 2. The summed E-state index contributed by atoms with van der Waals surface area (Å²) in [6.07, 6.45) is 1.74. The van der Waals surface area contributed by atoms with Crippen molar-refractivity contribution in [2.45, 2.75) is 6.04 Å². The molecule has 1 amide bonds. The number of amides is 1. The number of nitrogens with one attached hydrogen (secondary N) is 3. The van der Waals surface area contributed by atoms with E-state index in [2.05, 4.69) is 20.9 Å². The lowest BCUT2D eigenvalue weighted by molar-refractivity contribution is -0.116. The molecule has 0 bridgehead atoms. The second-order valence-electron chi connectivity index (χ2n) is 5.08. The highest BCUT2D eigenvalue weighted by Crippen LogP contribution is 2.36. The second kappa shape index (κ2) is 4.63. The molecule has 5 heteroatoms. The second-order valence-corrected chi connectivity index (χ2v) is 5.08. The van der Waals surface area contributed by atoms with E-state index in [4.69, 9.17) is 0 Å². The van der Waals surface area contributed by atoms with Crippen LogP contribution in [-0.2, 0) is 4.79 Å². The smallest absolute Gasteiger partial charge is 0.251 e. The van der Waals surface area contributed by atoms with Crippen LogP contribution in [0, 0.1) is 0 Å². The number of hydrogen-bond acceptors (Lipinski definition) is 4. The van der Waals surface area contributed by atoms with Crippen LogP contribution in [0.15, 0.2) is 59.9 Å². The van der Waals surface area contributed by atoms with Gasteiger partial charge in [-0.2, -0.15) is 0 Å². The molecule has 4 rings (SSSR count). The minimum atomic E-state index is -0.250. The van der Waals surface area contributed by atoms with E-state index >= 15 is 0 Å². The molecule has 2 aliphatic rings. The van der Waals surface area contributed by atoms with Crippen molar-refractivity contribution in [1.82, 2.24) is 10.3 Å². The molecule has 5 nitrogen and oxygen atoms in total. The molecule has 1 atom stereocenters. The molecule has 3 heterocycles. The third-order valence-electron chi connectivity index (χ3n) is 3.78. The van der Waals surface area contributed by atoms with Crippen LogP contribution in [-0.4, -0.2) is 17.4 Å². The topological polar surface area (TPSA) is 66.0 Å². The highest BCUT2D eigenvalue weighted by atomic mass is 16.2. The van der Waals surface area contributed by atoms with Crippen LogP contribution in [0.4, 0.5) is 11.4 Å². The SMILES string of the molecule is O=C1NCC2=C1C(c1ccccn1)Nc1ccccc1N2. The summed E-state index contributed by atoms with van der Waals surface area (Å²) in [5.74, 6) is -0.0477. The highest BCUT2D eigenvalue weighted by molar-refractivity contribution is 6.00. The summed E-state index contributed by atoms with van der Waals surface area (Å²) >= 11 is 0. The van der Waals surface area contributed by atoms with Crippen LogP contribution in [0.1, 0.15) is 11.7 Å². The van der Waals surface area contributed by atoms with Crippen LogP contribution in [0.3, 0.4) is 0 Å². The Hall–Kier alpha value is -2.82. The number of hydrogen-bond donors (Lipinski definition) is 3. The molecule has 0 saturated heterocycles. The first kappa shape index (κ1) is 12.0. The maximum atomic E-state index is 12.2. The van der Waals surface area contributed by atoms with Gasteiger partial charge in [0.15, 0.2) is 0 Å². The number of pyridine rings is 1. The molecular formula is C16H14N4O. The van der Waals surface area contributed by atoms with E-state index < -0.39 is 0 Å². The minimum Gasteiger partial charge on any atom is -0.371 e. The van der Waals surface area contributed by atoms with Crippen molar-refractivity contribution in [2.24, 2.45) is 0 Å². The number of anilines is 2. The number of rotatable bonds is 1. The molecule has 2 aliphatic heterocycles. The molecule has 1 unspecified atom stereocenters. The Kier molecular flexibility index (Phi) is 2.64. The summed E-state index contributed by atoms with van der Waals surface area (Å²) < 4.78 is 0. The predicted octanol–water partition coefficient (Wildman–Crippen LogP) is 2.04. The Balaban J connectivity index is 1.87. The molecule has 0 saturated carbocycles. The molecule has 2 aromatic rings. The summed E-state index contributed by atoms with van der Waals surface area (Å²) in [7, 11) is 0. The molecular weight excluding hydrogens is 264 g/mol. The van der Waals surface area contributed by atoms with Gasteiger partial charge in [-0.1, -0.05) is 18.2 Å². The average Bonchev–Trinajstić information content (AvgIpc) is 2.80. The maximum Gasteiger partial charge on any atom is 0.251 e. The summed E-state index contributed by atoms with van der Waals surface area (Å²) in [4.78, 5) is 16.6. The van der Waals surface area contributed by atoms with Crippen molar-refractivity contribution in [1.29, 1.82) is 0 Å². The third kappa shape index (κ3) is 1.94. The lowest BCUT2D eigenvalue weighted by Gasteiger charge is -2.19. The summed E-state index contributed by atoms with van der Waals surface area (Å²) in [6, 6.07) is 13.4. The summed E-state index contributed by atoms with van der Waals surface area (Å²) in [5.41, 5.74) is 4.40. The number of aromatic nitrogens is 1. The maximum absolute atomic E-state index is 12.2. The Labute approximate surface area is 122 Å². The van der Waals surface area contributed by atoms with Gasteiger partial charge in [-0.3, -0.25) is 9.78 Å². The van der Waals surface area contributed by atoms with Gasteiger partial charge in [0.25, 0.3) is 5.91 Å². The normalized spacial score (nSPS) is 19.8. The molecule has 1 aromatic carbocycles. The first-order valence-corrected chi connectivity index (χ1v) is 6.88. The molecule has 1 aromatic heterocycles. The van der Waals surface area contributed by atoms with E-state index in [1.54, 1.807) is 6.20 Å². The monoisotopic (exact) mass is 278 g/mol. The Morgan fingerprint density at radius 2 is 1.86 bits per heavy atom. The van der Waals surface area contributed by atoms with Gasteiger partial charge in [0.1, 0.15) is 6.04 Å². The summed E-state index contributed by atoms with van der Waals surface area (Å²) in [6.45, 7) is 0.521. The van der Waals surface area contributed by atoms with Crippen LogP contribution in [0.5, 0.6) is 0 Å². The molecule has 104 valence electrons. The number of carbonyl (C=O) groups excluding carboxylic acids is 1. The standard InChI is InChI=1S/C16H14N4O/c21-16-14-13(9-18-16)19-10-5-1-2-6-11(10)20-15(14)12-7-3-4-8-17-12/h1-8,15,19-20H,9H2,(H,18,21). The molecule has 0 spiro atoms. The van der Waals surface area contributed by atoms with E-state index in [1.165, 1.54) is 0 Å². The molecule has 0 aliphatic carbocycles. The fraction of sp³-hybridized carbons (Fsp3) is 0.125. The van der Waals surface area contributed by atoms with Gasteiger partial charge in [-0.25, -0.2) is 0 Å². The largest absolute Gasteiger partial charge is 0.371 e. The zero-order valence-electron chi connectivity index (χ0n) is 11.3.